The summed E-state index contributed by atoms with van der Waals surface area (Å²) in [6, 6.07) is 13.5. The van der Waals surface area contributed by atoms with Gasteiger partial charge in [-0.2, -0.15) is 0 Å². The van der Waals surface area contributed by atoms with Crippen LogP contribution in [-0.4, -0.2) is 38.4 Å². The Labute approximate surface area is 227 Å². The van der Waals surface area contributed by atoms with Crippen molar-refractivity contribution >= 4 is 23.3 Å². The van der Waals surface area contributed by atoms with Crippen molar-refractivity contribution in [2.75, 3.05) is 26.1 Å². The molecule has 0 radical (unpaired) electrons. The third kappa shape index (κ3) is 6.93. The highest BCUT2D eigenvalue weighted by Gasteiger charge is 2.21. The summed E-state index contributed by atoms with van der Waals surface area (Å²) in [7, 11) is 3.12. The lowest BCUT2D eigenvalue weighted by Gasteiger charge is -2.19. The summed E-state index contributed by atoms with van der Waals surface area (Å²) < 4.78 is 24.6. The molecule has 3 aromatic carbocycles. The second-order valence-corrected chi connectivity index (χ2v) is 9.40. The monoisotopic (exact) mass is 532 g/mol. The Bertz CT molecular complexity index is 1400. The number of ether oxygens (including phenoxy) is 2. The first-order chi connectivity index (χ1) is 18.8. The van der Waals surface area contributed by atoms with Gasteiger partial charge in [0.25, 0.3) is 5.91 Å². The zero-order valence-corrected chi connectivity index (χ0v) is 22.6. The number of benzene rings is 3. The van der Waals surface area contributed by atoms with Crippen LogP contribution in [0.3, 0.4) is 0 Å². The Morgan fingerprint density at radius 1 is 0.949 bits per heavy atom. The van der Waals surface area contributed by atoms with Crippen LogP contribution >= 0.6 is 0 Å². The van der Waals surface area contributed by atoms with Crippen LogP contribution in [0.15, 0.2) is 53.5 Å². The zero-order chi connectivity index (χ0) is 27.9. The van der Waals surface area contributed by atoms with Gasteiger partial charge < -0.3 is 25.4 Å². The highest BCUT2D eigenvalue weighted by molar-refractivity contribution is 6.08. The highest BCUT2D eigenvalue weighted by Crippen LogP contribution is 2.35. The number of carbonyl (C=O) groups excluding carboxylic acids is 2. The lowest BCUT2D eigenvalue weighted by molar-refractivity contribution is -0.114. The Morgan fingerprint density at radius 3 is 2.28 bits per heavy atom. The van der Waals surface area contributed by atoms with E-state index in [9.17, 15) is 14.0 Å². The minimum atomic E-state index is -0.374. The van der Waals surface area contributed by atoms with Crippen molar-refractivity contribution in [3.8, 4) is 22.6 Å². The number of aliphatic imine (C=N–C) groups is 1. The minimum Gasteiger partial charge on any atom is -0.497 e. The van der Waals surface area contributed by atoms with Crippen molar-refractivity contribution in [2.45, 2.75) is 39.8 Å². The molecule has 39 heavy (non-hydrogen) atoms. The molecule has 1 aliphatic heterocycles. The third-order valence-electron chi connectivity index (χ3n) is 6.46. The number of nitrogens with zero attached hydrogens (tertiary/aromatic N) is 1. The summed E-state index contributed by atoms with van der Waals surface area (Å²) in [4.78, 5) is 30.4. The van der Waals surface area contributed by atoms with Crippen LogP contribution in [-0.2, 0) is 17.9 Å². The number of rotatable bonds is 9. The molecule has 0 aromatic heterocycles. The van der Waals surface area contributed by atoms with Crippen LogP contribution in [0.4, 0.5) is 10.1 Å². The summed E-state index contributed by atoms with van der Waals surface area (Å²) in [6.45, 7) is 4.63. The van der Waals surface area contributed by atoms with Crippen molar-refractivity contribution in [2.24, 2.45) is 4.99 Å². The van der Waals surface area contributed by atoms with E-state index in [1.165, 1.54) is 19.1 Å². The molecule has 9 heteroatoms. The van der Waals surface area contributed by atoms with E-state index >= 15 is 0 Å². The molecule has 1 aliphatic rings. The molecule has 8 nitrogen and oxygen atoms in total. The molecule has 2 amide bonds. The normalized spacial score (nSPS) is 12.5. The van der Waals surface area contributed by atoms with Crippen molar-refractivity contribution < 1.29 is 23.5 Å². The maximum Gasteiger partial charge on any atom is 0.253 e. The number of amidine groups is 1. The van der Waals surface area contributed by atoms with Crippen molar-refractivity contribution in [1.82, 2.24) is 10.6 Å². The number of anilines is 1. The Hall–Kier alpha value is -4.40. The lowest BCUT2D eigenvalue weighted by Crippen LogP contribution is -2.26. The Balaban J connectivity index is 1.74. The van der Waals surface area contributed by atoms with E-state index in [1.54, 1.807) is 39.3 Å². The minimum absolute atomic E-state index is 0.204. The Morgan fingerprint density at radius 2 is 1.67 bits per heavy atom. The highest BCUT2D eigenvalue weighted by atomic mass is 19.1. The quantitative estimate of drug-likeness (QED) is 0.361. The lowest BCUT2D eigenvalue weighted by atomic mass is 9.93. The molecular weight excluding hydrogens is 499 g/mol. The van der Waals surface area contributed by atoms with E-state index < -0.39 is 0 Å². The Kier molecular flexibility index (Phi) is 8.81. The van der Waals surface area contributed by atoms with Gasteiger partial charge in [0.1, 0.15) is 17.3 Å². The van der Waals surface area contributed by atoms with Gasteiger partial charge in [-0.1, -0.05) is 6.07 Å². The zero-order valence-electron chi connectivity index (χ0n) is 22.6. The second kappa shape index (κ2) is 12.4. The molecule has 0 spiro atoms. The van der Waals surface area contributed by atoms with Crippen LogP contribution in [0.2, 0.25) is 0 Å². The van der Waals surface area contributed by atoms with Gasteiger partial charge in [0.05, 0.1) is 31.3 Å². The average Bonchev–Trinajstić information content (AvgIpc) is 3.44. The van der Waals surface area contributed by atoms with Gasteiger partial charge in [-0.05, 0) is 72.0 Å². The number of carbonyl (C=O) groups is 2. The van der Waals surface area contributed by atoms with Crippen molar-refractivity contribution in [3.63, 3.8) is 0 Å². The van der Waals surface area contributed by atoms with Gasteiger partial charge in [0, 0.05) is 44.6 Å². The smallest absolute Gasteiger partial charge is 0.253 e. The van der Waals surface area contributed by atoms with Crippen molar-refractivity contribution in [1.29, 1.82) is 0 Å². The van der Waals surface area contributed by atoms with Gasteiger partial charge >= 0.3 is 0 Å². The van der Waals surface area contributed by atoms with E-state index in [0.29, 0.717) is 46.0 Å². The van der Waals surface area contributed by atoms with Crippen LogP contribution in [0.5, 0.6) is 11.5 Å². The molecular formula is C30H33FN4O4. The summed E-state index contributed by atoms with van der Waals surface area (Å²) in [5.41, 5.74) is 4.29. The van der Waals surface area contributed by atoms with E-state index in [1.807, 2.05) is 18.2 Å². The fourth-order valence-corrected chi connectivity index (χ4v) is 4.57. The number of nitrogens with one attached hydrogen (secondary N) is 3. The van der Waals surface area contributed by atoms with Gasteiger partial charge in [0.2, 0.25) is 5.91 Å². The standard InChI is InChI=1S/C30H33FN4O4/c1-18-10-22(31)7-8-25(18)26-13-21(16-33-28-6-5-9-32-28)14-27(29(26)35-19(2)36)30(37)34-17-20-11-23(38-3)15-24(12-20)39-4/h7-8,10-15H,5-6,9,16-17H2,1-4H3,(H,32,33)(H,34,37)(H,35,36). The van der Waals surface area contributed by atoms with Gasteiger partial charge in [-0.15, -0.1) is 0 Å². The van der Waals surface area contributed by atoms with E-state index in [-0.39, 0.29) is 24.2 Å². The van der Waals surface area contributed by atoms with Crippen LogP contribution in [0.1, 0.15) is 46.8 Å². The van der Waals surface area contributed by atoms with E-state index in [0.717, 1.165) is 36.3 Å². The number of methoxy groups -OCH3 is 2. The number of halogens is 1. The second-order valence-electron chi connectivity index (χ2n) is 9.40. The predicted molar refractivity (Wildman–Crippen MR) is 150 cm³/mol. The maximum absolute atomic E-state index is 13.9. The molecule has 1 heterocycles. The number of hydrogen-bond donors (Lipinski definition) is 3. The first-order valence-corrected chi connectivity index (χ1v) is 12.8. The summed E-state index contributed by atoms with van der Waals surface area (Å²) >= 11 is 0. The SMILES string of the molecule is COc1cc(CNC(=O)c2cc(CNC3=NCCC3)cc(-c3ccc(F)cc3C)c2NC(C)=O)cc(OC)c1. The van der Waals surface area contributed by atoms with Gasteiger partial charge in [-0.25, -0.2) is 4.39 Å². The first-order valence-electron chi connectivity index (χ1n) is 12.8. The number of amides is 2. The van der Waals surface area contributed by atoms with Gasteiger partial charge in [-0.3, -0.25) is 14.6 Å². The fraction of sp³-hybridized carbons (Fsp3) is 0.300. The summed E-state index contributed by atoms with van der Waals surface area (Å²) in [5, 5.41) is 9.15. The van der Waals surface area contributed by atoms with Crippen LogP contribution in [0.25, 0.3) is 11.1 Å². The predicted octanol–water partition coefficient (Wildman–Crippen LogP) is 4.99. The summed E-state index contributed by atoms with van der Waals surface area (Å²) in [5.74, 6) is 1.08. The van der Waals surface area contributed by atoms with Crippen LogP contribution < -0.4 is 25.4 Å². The molecule has 0 saturated carbocycles. The van der Waals surface area contributed by atoms with E-state index in [2.05, 4.69) is 20.9 Å². The van der Waals surface area contributed by atoms with E-state index in [4.69, 9.17) is 9.47 Å². The molecule has 0 aliphatic carbocycles. The maximum atomic E-state index is 13.9. The molecule has 3 N–H and O–H groups in total. The fourth-order valence-electron chi connectivity index (χ4n) is 4.57. The molecule has 4 rings (SSSR count). The molecule has 0 saturated heterocycles. The van der Waals surface area contributed by atoms with Crippen LogP contribution in [0, 0.1) is 12.7 Å². The number of hydrogen-bond acceptors (Lipinski definition) is 6. The molecule has 3 aromatic rings. The third-order valence-corrected chi connectivity index (χ3v) is 6.46. The molecule has 204 valence electrons. The largest absolute Gasteiger partial charge is 0.497 e. The molecule has 0 fully saturated rings. The summed E-state index contributed by atoms with van der Waals surface area (Å²) in [6.07, 6.45) is 1.89. The van der Waals surface area contributed by atoms with Crippen molar-refractivity contribution in [3.05, 3.63) is 76.6 Å². The van der Waals surface area contributed by atoms with Gasteiger partial charge in [0.15, 0.2) is 0 Å². The average molecular weight is 533 g/mol. The number of aryl methyl sites for hydroxylation is 1. The molecule has 0 bridgehead atoms. The molecule has 0 atom stereocenters. The topological polar surface area (TPSA) is 101 Å². The first kappa shape index (κ1) is 27.6. The molecule has 0 unspecified atom stereocenters.